The average Bonchev–Trinajstić information content (AvgIpc) is 3.14. The SMILES string of the molecule is CC(=O)NCCOCCOCCOCCN=C(c1cccc(O)c1)c1c(O)[nH]c2ccc(Br)cc12. The zero-order chi connectivity index (χ0) is 25.0. The second kappa shape index (κ2) is 13.8. The van der Waals surface area contributed by atoms with E-state index < -0.39 is 0 Å². The van der Waals surface area contributed by atoms with Crippen LogP contribution in [0.25, 0.3) is 10.9 Å². The van der Waals surface area contributed by atoms with Crippen molar-refractivity contribution in [2.75, 3.05) is 52.7 Å². The third kappa shape index (κ3) is 8.36. The molecular formula is C25H30BrN3O6. The molecule has 0 spiro atoms. The van der Waals surface area contributed by atoms with Crippen molar-refractivity contribution in [3.05, 3.63) is 58.1 Å². The van der Waals surface area contributed by atoms with E-state index in [9.17, 15) is 15.0 Å². The lowest BCUT2D eigenvalue weighted by Crippen LogP contribution is -2.25. The van der Waals surface area contributed by atoms with Gasteiger partial charge in [0.2, 0.25) is 5.91 Å². The summed E-state index contributed by atoms with van der Waals surface area (Å²) >= 11 is 3.48. The fourth-order valence-corrected chi connectivity index (χ4v) is 3.78. The van der Waals surface area contributed by atoms with Crippen molar-refractivity contribution in [2.45, 2.75) is 6.92 Å². The van der Waals surface area contributed by atoms with Crippen LogP contribution >= 0.6 is 15.9 Å². The largest absolute Gasteiger partial charge is 0.508 e. The number of aromatic nitrogens is 1. The standard InChI is InChI=1S/C25H30BrN3O6/c1-17(30)27-7-9-33-11-13-35-14-12-34-10-8-28-24(18-3-2-4-20(31)15-18)23-21-16-19(26)5-6-22(21)29-25(23)32/h2-6,15-16,29,31-32H,7-14H2,1H3,(H,27,30). The molecule has 3 aromatic rings. The summed E-state index contributed by atoms with van der Waals surface area (Å²) in [6.07, 6.45) is 0. The summed E-state index contributed by atoms with van der Waals surface area (Å²) in [5, 5.41) is 24.1. The number of aromatic amines is 1. The van der Waals surface area contributed by atoms with Gasteiger partial charge in [0.05, 0.1) is 57.5 Å². The van der Waals surface area contributed by atoms with Gasteiger partial charge < -0.3 is 34.7 Å². The quantitative estimate of drug-likeness (QED) is 0.181. The maximum Gasteiger partial charge on any atom is 0.216 e. The van der Waals surface area contributed by atoms with Gasteiger partial charge in [-0.2, -0.15) is 0 Å². The van der Waals surface area contributed by atoms with Crippen molar-refractivity contribution in [1.82, 2.24) is 10.3 Å². The Kier molecular flexibility index (Phi) is 10.5. The van der Waals surface area contributed by atoms with Crippen LogP contribution in [-0.2, 0) is 19.0 Å². The lowest BCUT2D eigenvalue weighted by atomic mass is 10.0. The van der Waals surface area contributed by atoms with Gasteiger partial charge in [-0.3, -0.25) is 9.79 Å². The normalized spacial score (nSPS) is 11.8. The molecule has 4 N–H and O–H groups in total. The first kappa shape index (κ1) is 26.7. The van der Waals surface area contributed by atoms with E-state index in [1.807, 2.05) is 24.3 Å². The Morgan fingerprint density at radius 1 is 1.00 bits per heavy atom. The Hall–Kier alpha value is -2.92. The van der Waals surface area contributed by atoms with Crippen LogP contribution in [0.2, 0.25) is 0 Å². The van der Waals surface area contributed by atoms with Crippen LogP contribution in [-0.4, -0.2) is 79.5 Å². The third-order valence-corrected chi connectivity index (χ3v) is 5.46. The van der Waals surface area contributed by atoms with E-state index in [4.69, 9.17) is 19.2 Å². The molecule has 0 saturated heterocycles. The lowest BCUT2D eigenvalue weighted by molar-refractivity contribution is -0.119. The van der Waals surface area contributed by atoms with E-state index in [0.29, 0.717) is 69.6 Å². The molecule has 1 amide bonds. The number of hydrogen-bond acceptors (Lipinski definition) is 7. The van der Waals surface area contributed by atoms with E-state index >= 15 is 0 Å². The van der Waals surface area contributed by atoms with Crippen LogP contribution in [0.3, 0.4) is 0 Å². The Labute approximate surface area is 212 Å². The molecule has 0 aliphatic heterocycles. The molecule has 0 radical (unpaired) electrons. The molecule has 0 bridgehead atoms. The highest BCUT2D eigenvalue weighted by Crippen LogP contribution is 2.32. The summed E-state index contributed by atoms with van der Waals surface area (Å²) in [6, 6.07) is 12.4. The van der Waals surface area contributed by atoms with Crippen molar-refractivity contribution in [1.29, 1.82) is 0 Å². The van der Waals surface area contributed by atoms with Crippen molar-refractivity contribution in [3.8, 4) is 11.6 Å². The maximum atomic E-state index is 10.8. The number of rotatable bonds is 14. The van der Waals surface area contributed by atoms with Gasteiger partial charge in [0.1, 0.15) is 5.75 Å². The number of hydrogen-bond donors (Lipinski definition) is 4. The molecule has 0 aliphatic rings. The summed E-state index contributed by atoms with van der Waals surface area (Å²) in [4.78, 5) is 18.4. The number of aromatic hydroxyl groups is 2. The minimum absolute atomic E-state index is 0.00815. The van der Waals surface area contributed by atoms with Gasteiger partial charge in [0.15, 0.2) is 5.88 Å². The zero-order valence-corrected chi connectivity index (χ0v) is 21.1. The molecule has 1 heterocycles. The highest BCUT2D eigenvalue weighted by Gasteiger charge is 2.19. The number of aliphatic imine (C=N–C) groups is 1. The number of nitrogens with zero attached hydrogens (tertiary/aromatic N) is 1. The number of ether oxygens (including phenoxy) is 3. The second-order valence-electron chi connectivity index (χ2n) is 7.64. The topological polar surface area (TPSA) is 125 Å². The number of carbonyl (C=O) groups is 1. The van der Waals surface area contributed by atoms with Crippen LogP contribution in [0.5, 0.6) is 11.6 Å². The Bertz CT molecular complexity index is 1150. The second-order valence-corrected chi connectivity index (χ2v) is 8.55. The van der Waals surface area contributed by atoms with Crippen molar-refractivity contribution >= 4 is 38.5 Å². The molecule has 2 aromatic carbocycles. The summed E-state index contributed by atoms with van der Waals surface area (Å²) in [5.74, 6) is 0.0451. The number of amides is 1. The number of benzene rings is 2. The zero-order valence-electron chi connectivity index (χ0n) is 19.6. The van der Waals surface area contributed by atoms with E-state index in [0.717, 1.165) is 15.4 Å². The van der Waals surface area contributed by atoms with Gasteiger partial charge >= 0.3 is 0 Å². The van der Waals surface area contributed by atoms with Gasteiger partial charge in [0.25, 0.3) is 0 Å². The van der Waals surface area contributed by atoms with Crippen LogP contribution in [0, 0.1) is 0 Å². The van der Waals surface area contributed by atoms with Crippen molar-refractivity contribution < 1.29 is 29.2 Å². The number of H-pyrrole nitrogens is 1. The Morgan fingerprint density at radius 2 is 1.71 bits per heavy atom. The predicted octanol–water partition coefficient (Wildman–Crippen LogP) is 3.36. The first-order valence-electron chi connectivity index (χ1n) is 11.3. The molecule has 10 heteroatoms. The molecule has 0 unspecified atom stereocenters. The van der Waals surface area contributed by atoms with Gasteiger partial charge in [-0.05, 0) is 30.3 Å². The lowest BCUT2D eigenvalue weighted by Gasteiger charge is -2.09. The van der Waals surface area contributed by atoms with Gasteiger partial charge in [-0.15, -0.1) is 0 Å². The van der Waals surface area contributed by atoms with Gasteiger partial charge in [-0.1, -0.05) is 28.1 Å². The molecule has 188 valence electrons. The average molecular weight is 548 g/mol. The van der Waals surface area contributed by atoms with E-state index in [1.54, 1.807) is 18.2 Å². The summed E-state index contributed by atoms with van der Waals surface area (Å²) < 4.78 is 17.3. The van der Waals surface area contributed by atoms with Crippen molar-refractivity contribution in [2.24, 2.45) is 4.99 Å². The minimum atomic E-state index is -0.0771. The number of fused-ring (bicyclic) bond motifs is 1. The number of phenolic OH excluding ortho intramolecular Hbond substituents is 1. The smallest absolute Gasteiger partial charge is 0.216 e. The molecule has 0 aliphatic carbocycles. The number of phenols is 1. The Morgan fingerprint density at radius 3 is 2.43 bits per heavy atom. The summed E-state index contributed by atoms with van der Waals surface area (Å²) in [5.41, 5.74) is 2.58. The van der Waals surface area contributed by atoms with Gasteiger partial charge in [0, 0.05) is 34.4 Å². The number of carbonyl (C=O) groups excluding carboxylic acids is 1. The number of nitrogens with one attached hydrogen (secondary N) is 2. The Balaban J connectivity index is 1.52. The van der Waals surface area contributed by atoms with Crippen LogP contribution in [0.4, 0.5) is 0 Å². The van der Waals surface area contributed by atoms with E-state index in [1.165, 1.54) is 6.92 Å². The highest BCUT2D eigenvalue weighted by molar-refractivity contribution is 9.10. The molecule has 1 aromatic heterocycles. The van der Waals surface area contributed by atoms with Crippen molar-refractivity contribution in [3.63, 3.8) is 0 Å². The van der Waals surface area contributed by atoms with Crippen LogP contribution < -0.4 is 5.32 Å². The minimum Gasteiger partial charge on any atom is -0.508 e. The highest BCUT2D eigenvalue weighted by atomic mass is 79.9. The summed E-state index contributed by atoms with van der Waals surface area (Å²) in [6.45, 7) is 4.85. The molecule has 0 saturated carbocycles. The van der Waals surface area contributed by atoms with Crippen LogP contribution in [0.1, 0.15) is 18.1 Å². The third-order valence-electron chi connectivity index (χ3n) is 4.97. The van der Waals surface area contributed by atoms with Gasteiger partial charge in [-0.25, -0.2) is 0 Å². The van der Waals surface area contributed by atoms with E-state index in [2.05, 4.69) is 26.2 Å². The first-order valence-corrected chi connectivity index (χ1v) is 12.1. The molecule has 0 fully saturated rings. The maximum absolute atomic E-state index is 10.8. The first-order chi connectivity index (χ1) is 17.0. The molecule has 35 heavy (non-hydrogen) atoms. The molecular weight excluding hydrogens is 518 g/mol. The van der Waals surface area contributed by atoms with Crippen LogP contribution in [0.15, 0.2) is 51.9 Å². The molecule has 9 nitrogen and oxygen atoms in total. The summed E-state index contributed by atoms with van der Waals surface area (Å²) in [7, 11) is 0. The fraction of sp³-hybridized carbons (Fsp3) is 0.360. The molecule has 0 atom stereocenters. The van der Waals surface area contributed by atoms with E-state index in [-0.39, 0.29) is 17.5 Å². The molecule has 3 rings (SSSR count). The monoisotopic (exact) mass is 547 g/mol. The number of halogens is 1. The predicted molar refractivity (Wildman–Crippen MR) is 137 cm³/mol. The fourth-order valence-electron chi connectivity index (χ4n) is 3.42.